The van der Waals surface area contributed by atoms with Gasteiger partial charge in [0.2, 0.25) is 0 Å². The number of halogens is 2. The number of carbonyl (C=O) groups is 2. The standard InChI is InChI=1S/C16H12F2N4O4S/c17-9-3-1-2-8(14(9)18)6-27-11-4-10(23)13(15-20-7-21-22(11)15)16(26)19-5-12(24)25/h1-4,7,23H,5-6H2,(H,19,26)(H,24,25). The van der Waals surface area contributed by atoms with Crippen LogP contribution in [-0.4, -0.2) is 43.2 Å². The molecule has 0 atom stereocenters. The quantitative estimate of drug-likeness (QED) is 0.546. The van der Waals surface area contributed by atoms with Crippen LogP contribution < -0.4 is 5.32 Å². The third-order valence-electron chi connectivity index (χ3n) is 3.53. The van der Waals surface area contributed by atoms with Gasteiger partial charge in [-0.15, -0.1) is 11.8 Å². The second-order valence-corrected chi connectivity index (χ2v) is 6.31. The molecule has 3 N–H and O–H groups in total. The maximum atomic E-state index is 13.8. The zero-order valence-electron chi connectivity index (χ0n) is 13.5. The van der Waals surface area contributed by atoms with Crippen LogP contribution >= 0.6 is 11.8 Å². The van der Waals surface area contributed by atoms with E-state index in [1.165, 1.54) is 22.7 Å². The molecular weight excluding hydrogens is 382 g/mol. The summed E-state index contributed by atoms with van der Waals surface area (Å²) in [6, 6.07) is 5.04. The van der Waals surface area contributed by atoms with Crippen molar-refractivity contribution in [2.45, 2.75) is 10.8 Å². The zero-order valence-corrected chi connectivity index (χ0v) is 14.3. The molecule has 0 aliphatic carbocycles. The molecule has 27 heavy (non-hydrogen) atoms. The number of pyridine rings is 1. The fourth-order valence-electron chi connectivity index (χ4n) is 2.31. The Morgan fingerprint density at radius 2 is 2.07 bits per heavy atom. The van der Waals surface area contributed by atoms with E-state index in [1.807, 2.05) is 0 Å². The second-order valence-electron chi connectivity index (χ2n) is 5.32. The number of carboxylic acids is 1. The normalized spacial score (nSPS) is 10.9. The Bertz CT molecular complexity index is 1040. The maximum Gasteiger partial charge on any atom is 0.322 e. The highest BCUT2D eigenvalue weighted by atomic mass is 32.2. The molecule has 3 rings (SSSR count). The summed E-state index contributed by atoms with van der Waals surface area (Å²) < 4.78 is 28.3. The number of hydrogen-bond acceptors (Lipinski definition) is 6. The van der Waals surface area contributed by atoms with Crippen molar-refractivity contribution >= 4 is 29.3 Å². The van der Waals surface area contributed by atoms with Crippen molar-refractivity contribution < 1.29 is 28.6 Å². The van der Waals surface area contributed by atoms with Crippen molar-refractivity contribution in [3.63, 3.8) is 0 Å². The minimum atomic E-state index is -1.25. The van der Waals surface area contributed by atoms with Gasteiger partial charge in [0.1, 0.15) is 29.2 Å². The van der Waals surface area contributed by atoms with E-state index in [2.05, 4.69) is 15.4 Å². The number of benzene rings is 1. The van der Waals surface area contributed by atoms with Gasteiger partial charge in [-0.1, -0.05) is 12.1 Å². The summed E-state index contributed by atoms with van der Waals surface area (Å²) in [7, 11) is 0. The highest BCUT2D eigenvalue weighted by molar-refractivity contribution is 7.98. The van der Waals surface area contributed by atoms with E-state index in [0.717, 1.165) is 24.2 Å². The average molecular weight is 394 g/mol. The Morgan fingerprint density at radius 3 is 2.81 bits per heavy atom. The first kappa shape index (κ1) is 18.6. The summed E-state index contributed by atoms with van der Waals surface area (Å²) in [5, 5.41) is 25.3. The zero-order chi connectivity index (χ0) is 19.6. The molecule has 140 valence electrons. The summed E-state index contributed by atoms with van der Waals surface area (Å²) in [5.74, 6) is -4.41. The van der Waals surface area contributed by atoms with E-state index in [0.29, 0.717) is 5.03 Å². The number of rotatable bonds is 6. The molecule has 8 nitrogen and oxygen atoms in total. The van der Waals surface area contributed by atoms with Gasteiger partial charge in [-0.3, -0.25) is 9.59 Å². The van der Waals surface area contributed by atoms with Crippen LogP contribution in [0.25, 0.3) is 5.65 Å². The monoisotopic (exact) mass is 394 g/mol. The summed E-state index contributed by atoms with van der Waals surface area (Å²) in [4.78, 5) is 26.6. The molecule has 0 fully saturated rings. The molecule has 0 aliphatic heterocycles. The van der Waals surface area contributed by atoms with Crippen LogP contribution in [0.2, 0.25) is 0 Å². The van der Waals surface area contributed by atoms with Gasteiger partial charge in [0, 0.05) is 17.4 Å². The van der Waals surface area contributed by atoms with Crippen LogP contribution in [0.1, 0.15) is 15.9 Å². The maximum absolute atomic E-state index is 13.8. The molecule has 1 amide bonds. The first-order chi connectivity index (χ1) is 12.9. The predicted molar refractivity (Wildman–Crippen MR) is 90.5 cm³/mol. The minimum Gasteiger partial charge on any atom is -0.507 e. The molecule has 1 aromatic carbocycles. The Labute approximate surface area is 154 Å². The molecule has 0 unspecified atom stereocenters. The number of aliphatic carboxylic acids is 1. The lowest BCUT2D eigenvalue weighted by Gasteiger charge is -2.10. The van der Waals surface area contributed by atoms with Crippen molar-refractivity contribution in [1.29, 1.82) is 0 Å². The molecule has 2 aromatic heterocycles. The molecule has 3 aromatic rings. The van der Waals surface area contributed by atoms with Crippen molar-refractivity contribution in [1.82, 2.24) is 19.9 Å². The van der Waals surface area contributed by atoms with Crippen LogP contribution in [0.3, 0.4) is 0 Å². The largest absolute Gasteiger partial charge is 0.507 e. The SMILES string of the molecule is O=C(O)CNC(=O)c1c(O)cc(SCc2cccc(F)c2F)n2ncnc12. The lowest BCUT2D eigenvalue weighted by atomic mass is 10.2. The van der Waals surface area contributed by atoms with E-state index in [-0.39, 0.29) is 22.5 Å². The highest BCUT2D eigenvalue weighted by Crippen LogP contribution is 2.31. The molecule has 0 spiro atoms. The number of nitrogens with one attached hydrogen (secondary N) is 1. The molecule has 2 heterocycles. The number of aromatic hydroxyl groups is 1. The third-order valence-corrected chi connectivity index (χ3v) is 4.57. The van der Waals surface area contributed by atoms with Crippen LogP contribution in [-0.2, 0) is 10.5 Å². The van der Waals surface area contributed by atoms with Crippen LogP contribution in [0.5, 0.6) is 5.75 Å². The predicted octanol–water partition coefficient (Wildman–Crippen LogP) is 1.82. The Kier molecular flexibility index (Phi) is 5.21. The van der Waals surface area contributed by atoms with Gasteiger partial charge in [-0.05, 0) is 6.07 Å². The van der Waals surface area contributed by atoms with Gasteiger partial charge < -0.3 is 15.5 Å². The molecule has 0 radical (unpaired) electrons. The Hall–Kier alpha value is -3.21. The van der Waals surface area contributed by atoms with E-state index in [9.17, 15) is 23.5 Å². The molecule has 0 saturated heterocycles. The second kappa shape index (κ2) is 7.58. The van der Waals surface area contributed by atoms with Gasteiger partial charge in [0.15, 0.2) is 17.3 Å². The number of thioether (sulfide) groups is 1. The Balaban J connectivity index is 1.91. The van der Waals surface area contributed by atoms with Gasteiger partial charge in [-0.2, -0.15) is 5.10 Å². The van der Waals surface area contributed by atoms with Gasteiger partial charge in [0.05, 0.1) is 0 Å². The summed E-state index contributed by atoms with van der Waals surface area (Å²) in [6.45, 7) is -0.631. The fourth-order valence-corrected chi connectivity index (χ4v) is 3.29. The van der Waals surface area contributed by atoms with Gasteiger partial charge in [-0.25, -0.2) is 18.3 Å². The van der Waals surface area contributed by atoms with E-state index in [4.69, 9.17) is 5.11 Å². The smallest absolute Gasteiger partial charge is 0.322 e. The van der Waals surface area contributed by atoms with E-state index in [1.54, 1.807) is 0 Å². The number of carbonyl (C=O) groups excluding carboxylic acids is 1. The first-order valence-electron chi connectivity index (χ1n) is 7.50. The van der Waals surface area contributed by atoms with Crippen LogP contribution in [0, 0.1) is 11.6 Å². The topological polar surface area (TPSA) is 117 Å². The molecule has 0 aliphatic rings. The first-order valence-corrected chi connectivity index (χ1v) is 8.48. The third kappa shape index (κ3) is 3.82. The summed E-state index contributed by atoms with van der Waals surface area (Å²) >= 11 is 1.05. The van der Waals surface area contributed by atoms with Crippen molar-refractivity contribution in [3.8, 4) is 5.75 Å². The molecule has 0 bridgehead atoms. The Morgan fingerprint density at radius 1 is 1.30 bits per heavy atom. The molecular formula is C16H12F2N4O4S. The number of aromatic nitrogens is 3. The number of hydrogen-bond donors (Lipinski definition) is 3. The van der Waals surface area contributed by atoms with E-state index >= 15 is 0 Å². The summed E-state index contributed by atoms with van der Waals surface area (Å²) in [5.41, 5.74) is -0.119. The van der Waals surface area contributed by atoms with Gasteiger partial charge in [0.25, 0.3) is 5.91 Å². The molecule has 11 heteroatoms. The minimum absolute atomic E-state index is 0.0000953. The highest BCUT2D eigenvalue weighted by Gasteiger charge is 2.21. The van der Waals surface area contributed by atoms with Crippen molar-refractivity contribution in [2.24, 2.45) is 0 Å². The van der Waals surface area contributed by atoms with E-state index < -0.39 is 35.8 Å². The average Bonchev–Trinajstić information content (AvgIpc) is 3.10. The lowest BCUT2D eigenvalue weighted by Crippen LogP contribution is -2.29. The van der Waals surface area contributed by atoms with Crippen LogP contribution in [0.15, 0.2) is 35.6 Å². The number of carboxylic acid groups (broad SMARTS) is 1. The van der Waals surface area contributed by atoms with Crippen LogP contribution in [0.4, 0.5) is 8.78 Å². The summed E-state index contributed by atoms with van der Waals surface area (Å²) in [6.07, 6.45) is 1.15. The number of amides is 1. The number of fused-ring (bicyclic) bond motifs is 1. The number of nitrogens with zero attached hydrogens (tertiary/aromatic N) is 3. The lowest BCUT2D eigenvalue weighted by molar-refractivity contribution is -0.135. The molecule has 0 saturated carbocycles. The fraction of sp³-hybridized carbons (Fsp3) is 0.125. The van der Waals surface area contributed by atoms with Crippen molar-refractivity contribution in [2.75, 3.05) is 6.54 Å². The van der Waals surface area contributed by atoms with Crippen molar-refractivity contribution in [3.05, 3.63) is 53.4 Å². The van der Waals surface area contributed by atoms with Gasteiger partial charge >= 0.3 is 5.97 Å².